The molecule has 2 aliphatic rings. The molecule has 0 aromatic heterocycles. The Hall–Kier alpha value is -0.0800. The second-order valence-electron chi connectivity index (χ2n) is 5.51. The summed E-state index contributed by atoms with van der Waals surface area (Å²) in [7, 11) is 0. The first-order valence-corrected chi connectivity index (χ1v) is 6.63. The van der Waals surface area contributed by atoms with Crippen LogP contribution in [0.3, 0.4) is 0 Å². The van der Waals surface area contributed by atoms with E-state index in [0.29, 0.717) is 5.92 Å². The van der Waals surface area contributed by atoms with Gasteiger partial charge in [0.15, 0.2) is 0 Å². The Kier molecular flexibility index (Phi) is 3.68. The van der Waals surface area contributed by atoms with E-state index in [4.69, 9.17) is 0 Å². The normalized spacial score (nSPS) is 30.0. The Morgan fingerprint density at radius 2 is 1.40 bits per heavy atom. The zero-order chi connectivity index (χ0) is 10.7. The van der Waals surface area contributed by atoms with Crippen LogP contribution in [0.4, 0.5) is 0 Å². The summed E-state index contributed by atoms with van der Waals surface area (Å²) in [6.07, 6.45) is 10.6. The molecule has 0 radical (unpaired) electrons. The Morgan fingerprint density at radius 1 is 0.867 bits per heavy atom. The molecule has 2 saturated carbocycles. The molecule has 0 spiro atoms. The lowest BCUT2D eigenvalue weighted by molar-refractivity contribution is -0.125. The van der Waals surface area contributed by atoms with Crippen molar-refractivity contribution in [3.05, 3.63) is 0 Å². The highest BCUT2D eigenvalue weighted by Gasteiger charge is 2.40. The first-order valence-electron chi connectivity index (χ1n) is 6.63. The van der Waals surface area contributed by atoms with Gasteiger partial charge in [-0.1, -0.05) is 38.5 Å². The third-order valence-corrected chi connectivity index (χ3v) is 4.37. The topological polar surface area (TPSA) is 40.5 Å². The van der Waals surface area contributed by atoms with E-state index < -0.39 is 11.7 Å². The van der Waals surface area contributed by atoms with E-state index in [1.54, 1.807) is 0 Å². The van der Waals surface area contributed by atoms with E-state index in [9.17, 15) is 10.2 Å². The maximum atomic E-state index is 10.4. The molecular weight excluding hydrogens is 188 g/mol. The van der Waals surface area contributed by atoms with Crippen molar-refractivity contribution >= 4 is 0 Å². The van der Waals surface area contributed by atoms with Gasteiger partial charge in [-0.2, -0.15) is 0 Å². The molecule has 1 unspecified atom stereocenters. The molecule has 15 heavy (non-hydrogen) atoms. The van der Waals surface area contributed by atoms with Crippen LogP contribution in [0.1, 0.15) is 64.2 Å². The van der Waals surface area contributed by atoms with Crippen LogP contribution in [-0.2, 0) is 0 Å². The SMILES string of the molecule is OC(C1CCCCC1)C1(O)CCCCC1. The van der Waals surface area contributed by atoms with E-state index in [2.05, 4.69) is 0 Å². The Balaban J connectivity index is 1.94. The number of hydrogen-bond acceptors (Lipinski definition) is 2. The van der Waals surface area contributed by atoms with Crippen LogP contribution in [-0.4, -0.2) is 21.9 Å². The highest BCUT2D eigenvalue weighted by molar-refractivity contribution is 4.93. The summed E-state index contributed by atoms with van der Waals surface area (Å²) < 4.78 is 0. The molecule has 2 aliphatic carbocycles. The van der Waals surface area contributed by atoms with Gasteiger partial charge in [0.1, 0.15) is 0 Å². The molecule has 2 nitrogen and oxygen atoms in total. The maximum absolute atomic E-state index is 10.4. The molecule has 0 aliphatic heterocycles. The van der Waals surface area contributed by atoms with E-state index in [0.717, 1.165) is 38.5 Å². The minimum Gasteiger partial charge on any atom is -0.390 e. The number of aliphatic hydroxyl groups is 2. The minimum atomic E-state index is -0.750. The third kappa shape index (κ3) is 2.54. The van der Waals surface area contributed by atoms with Gasteiger partial charge >= 0.3 is 0 Å². The average Bonchev–Trinajstić information content (AvgIpc) is 2.30. The quantitative estimate of drug-likeness (QED) is 0.738. The lowest BCUT2D eigenvalue weighted by Crippen LogP contribution is -2.48. The molecule has 0 amide bonds. The standard InChI is InChI=1S/C13H24O2/c14-12(11-7-3-1-4-8-11)13(15)9-5-2-6-10-13/h11-12,14-15H,1-10H2. The second kappa shape index (κ2) is 4.84. The molecule has 2 heteroatoms. The fraction of sp³-hybridized carbons (Fsp3) is 1.00. The summed E-state index contributed by atoms with van der Waals surface area (Å²) in [4.78, 5) is 0. The second-order valence-corrected chi connectivity index (χ2v) is 5.51. The summed E-state index contributed by atoms with van der Waals surface area (Å²) in [5.41, 5.74) is -0.750. The van der Waals surface area contributed by atoms with Crippen LogP contribution in [0.2, 0.25) is 0 Å². The summed E-state index contributed by atoms with van der Waals surface area (Å²) >= 11 is 0. The van der Waals surface area contributed by atoms with Crippen molar-refractivity contribution in [1.82, 2.24) is 0 Å². The fourth-order valence-electron chi connectivity index (χ4n) is 3.35. The molecule has 0 aromatic carbocycles. The van der Waals surface area contributed by atoms with E-state index in [1.165, 1.54) is 25.7 Å². The highest BCUT2D eigenvalue weighted by Crippen LogP contribution is 2.38. The van der Waals surface area contributed by atoms with Crippen molar-refractivity contribution in [3.63, 3.8) is 0 Å². The molecule has 0 heterocycles. The first kappa shape index (κ1) is 11.4. The zero-order valence-corrected chi connectivity index (χ0v) is 9.62. The monoisotopic (exact) mass is 212 g/mol. The summed E-state index contributed by atoms with van der Waals surface area (Å²) in [6, 6.07) is 0. The van der Waals surface area contributed by atoms with Crippen LogP contribution >= 0.6 is 0 Å². The molecule has 88 valence electrons. The Bertz CT molecular complexity index is 191. The van der Waals surface area contributed by atoms with E-state index in [1.807, 2.05) is 0 Å². The van der Waals surface area contributed by atoms with Gasteiger partial charge in [-0.25, -0.2) is 0 Å². The molecule has 0 bridgehead atoms. The van der Waals surface area contributed by atoms with E-state index in [-0.39, 0.29) is 0 Å². The predicted molar refractivity (Wildman–Crippen MR) is 60.6 cm³/mol. The van der Waals surface area contributed by atoms with Crippen LogP contribution in [0.15, 0.2) is 0 Å². The minimum absolute atomic E-state index is 0.363. The lowest BCUT2D eigenvalue weighted by Gasteiger charge is -2.41. The van der Waals surface area contributed by atoms with Crippen LogP contribution < -0.4 is 0 Å². The molecular formula is C13H24O2. The van der Waals surface area contributed by atoms with Crippen molar-refractivity contribution in [1.29, 1.82) is 0 Å². The van der Waals surface area contributed by atoms with Gasteiger partial charge in [0.05, 0.1) is 11.7 Å². The van der Waals surface area contributed by atoms with Crippen LogP contribution in [0.5, 0.6) is 0 Å². The molecule has 0 saturated heterocycles. The van der Waals surface area contributed by atoms with Gasteiger partial charge in [-0.15, -0.1) is 0 Å². The summed E-state index contributed by atoms with van der Waals surface area (Å²) in [6.45, 7) is 0. The molecule has 2 N–H and O–H groups in total. The van der Waals surface area contributed by atoms with Crippen molar-refractivity contribution in [2.45, 2.75) is 75.9 Å². The van der Waals surface area contributed by atoms with Crippen molar-refractivity contribution in [3.8, 4) is 0 Å². The maximum Gasteiger partial charge on any atom is 0.0908 e. The smallest absolute Gasteiger partial charge is 0.0908 e. The van der Waals surface area contributed by atoms with Crippen molar-refractivity contribution in [2.24, 2.45) is 5.92 Å². The van der Waals surface area contributed by atoms with Gasteiger partial charge in [0, 0.05) is 0 Å². The summed E-state index contributed by atoms with van der Waals surface area (Å²) in [5.74, 6) is 0.363. The van der Waals surface area contributed by atoms with Gasteiger partial charge < -0.3 is 10.2 Å². The predicted octanol–water partition coefficient (Wildman–Crippen LogP) is 2.62. The number of hydrogen-bond donors (Lipinski definition) is 2. The van der Waals surface area contributed by atoms with Gasteiger partial charge in [-0.05, 0) is 31.6 Å². The van der Waals surface area contributed by atoms with Crippen LogP contribution in [0.25, 0.3) is 0 Å². The van der Waals surface area contributed by atoms with Gasteiger partial charge in [0.25, 0.3) is 0 Å². The number of rotatable bonds is 2. The first-order chi connectivity index (χ1) is 7.22. The molecule has 2 fully saturated rings. The Labute approximate surface area is 92.7 Å². The zero-order valence-electron chi connectivity index (χ0n) is 9.62. The number of aliphatic hydroxyl groups excluding tert-OH is 1. The molecule has 0 aromatic rings. The van der Waals surface area contributed by atoms with Gasteiger partial charge in [-0.3, -0.25) is 0 Å². The molecule has 2 rings (SSSR count). The van der Waals surface area contributed by atoms with Crippen molar-refractivity contribution in [2.75, 3.05) is 0 Å². The van der Waals surface area contributed by atoms with Gasteiger partial charge in [0.2, 0.25) is 0 Å². The lowest BCUT2D eigenvalue weighted by atomic mass is 9.72. The van der Waals surface area contributed by atoms with Crippen LogP contribution in [0, 0.1) is 5.92 Å². The largest absolute Gasteiger partial charge is 0.390 e. The fourth-order valence-corrected chi connectivity index (χ4v) is 3.35. The molecule has 1 atom stereocenters. The van der Waals surface area contributed by atoms with E-state index >= 15 is 0 Å². The highest BCUT2D eigenvalue weighted by atomic mass is 16.3. The third-order valence-electron chi connectivity index (χ3n) is 4.37. The summed E-state index contributed by atoms with van der Waals surface area (Å²) in [5, 5.41) is 20.7. The average molecular weight is 212 g/mol. The van der Waals surface area contributed by atoms with Crippen molar-refractivity contribution < 1.29 is 10.2 Å². The Morgan fingerprint density at radius 3 is 2.00 bits per heavy atom.